The molecular weight excluding hydrogens is 378 g/mol. The molecule has 3 amide bonds. The molecule has 3 heterocycles. The average molecular weight is 407 g/mol. The summed E-state index contributed by atoms with van der Waals surface area (Å²) >= 11 is 0. The summed E-state index contributed by atoms with van der Waals surface area (Å²) in [6, 6.07) is 0. The van der Waals surface area contributed by atoms with E-state index in [0.717, 1.165) is 0 Å². The number of carbonyl (C=O) groups excluding carboxylic acids is 3. The monoisotopic (exact) mass is 407 g/mol. The number of aliphatic hydroxyl groups is 1. The average Bonchev–Trinajstić information content (AvgIpc) is 3.25. The molecule has 2 atom stereocenters. The standard InChI is InChI=1S/C19H29N5O5/c1-3-14(25)20-12-15(26)23-18(2)6-9-29-19(17(18)28)4-7-24(8-5-19)16(27)13-10-21-22-11-13/h10-11,17,28H,3-9,12H2,1-2H3,(H,20,25)(H,21,22)(H,23,26)/t17-,18+/m0/s1. The van der Waals surface area contributed by atoms with Crippen molar-refractivity contribution in [2.24, 2.45) is 0 Å². The van der Waals surface area contributed by atoms with Gasteiger partial charge in [0, 0.05) is 32.3 Å². The summed E-state index contributed by atoms with van der Waals surface area (Å²) in [5.74, 6) is -0.663. The molecule has 29 heavy (non-hydrogen) atoms. The van der Waals surface area contributed by atoms with Crippen molar-refractivity contribution < 1.29 is 24.2 Å². The topological polar surface area (TPSA) is 137 Å². The van der Waals surface area contributed by atoms with Crippen molar-refractivity contribution in [2.75, 3.05) is 26.2 Å². The van der Waals surface area contributed by atoms with Crippen molar-refractivity contribution in [3.05, 3.63) is 18.0 Å². The molecule has 3 rings (SSSR count). The van der Waals surface area contributed by atoms with Crippen molar-refractivity contribution >= 4 is 17.7 Å². The summed E-state index contributed by atoms with van der Waals surface area (Å²) in [7, 11) is 0. The molecule has 1 aromatic rings. The second kappa shape index (κ2) is 8.50. The number of nitrogens with zero attached hydrogens (tertiary/aromatic N) is 2. The van der Waals surface area contributed by atoms with E-state index in [1.165, 1.54) is 6.20 Å². The number of piperidine rings is 1. The molecule has 0 bridgehead atoms. The van der Waals surface area contributed by atoms with Gasteiger partial charge in [0.2, 0.25) is 11.8 Å². The molecular formula is C19H29N5O5. The van der Waals surface area contributed by atoms with Gasteiger partial charge in [0.05, 0.1) is 29.4 Å². The van der Waals surface area contributed by atoms with Gasteiger partial charge < -0.3 is 25.4 Å². The number of aliphatic hydroxyl groups excluding tert-OH is 1. The van der Waals surface area contributed by atoms with Gasteiger partial charge in [0.1, 0.15) is 6.10 Å². The summed E-state index contributed by atoms with van der Waals surface area (Å²) in [6.45, 7) is 4.66. The second-order valence-corrected chi connectivity index (χ2v) is 7.94. The zero-order valence-corrected chi connectivity index (χ0v) is 16.9. The van der Waals surface area contributed by atoms with Gasteiger partial charge in [-0.1, -0.05) is 6.92 Å². The van der Waals surface area contributed by atoms with Crippen LogP contribution in [0.2, 0.25) is 0 Å². The number of carbonyl (C=O) groups is 3. The van der Waals surface area contributed by atoms with Crippen LogP contribution >= 0.6 is 0 Å². The van der Waals surface area contributed by atoms with Gasteiger partial charge in [0.15, 0.2) is 0 Å². The first-order valence-electron chi connectivity index (χ1n) is 9.97. The normalized spacial score (nSPS) is 26.2. The molecule has 2 aliphatic rings. The second-order valence-electron chi connectivity index (χ2n) is 7.94. The molecule has 2 aliphatic heterocycles. The van der Waals surface area contributed by atoms with Gasteiger partial charge in [-0.3, -0.25) is 19.5 Å². The number of rotatable bonds is 5. The Morgan fingerprint density at radius 2 is 2.03 bits per heavy atom. The van der Waals surface area contributed by atoms with E-state index in [1.807, 2.05) is 0 Å². The van der Waals surface area contributed by atoms with E-state index in [4.69, 9.17) is 4.74 Å². The van der Waals surface area contributed by atoms with Crippen LogP contribution in [-0.2, 0) is 14.3 Å². The third-order valence-corrected chi connectivity index (χ3v) is 5.95. The number of aromatic nitrogens is 2. The third-order valence-electron chi connectivity index (χ3n) is 5.95. The maximum absolute atomic E-state index is 12.5. The Morgan fingerprint density at radius 3 is 2.66 bits per heavy atom. The molecule has 0 saturated carbocycles. The number of ether oxygens (including phenoxy) is 1. The lowest BCUT2D eigenvalue weighted by Crippen LogP contribution is -2.69. The van der Waals surface area contributed by atoms with Crippen molar-refractivity contribution in [2.45, 2.75) is 56.8 Å². The minimum Gasteiger partial charge on any atom is -0.388 e. The smallest absolute Gasteiger partial charge is 0.257 e. The minimum atomic E-state index is -0.930. The molecule has 160 valence electrons. The van der Waals surface area contributed by atoms with Crippen LogP contribution in [0.1, 0.15) is 49.9 Å². The maximum Gasteiger partial charge on any atom is 0.257 e. The van der Waals surface area contributed by atoms with E-state index in [9.17, 15) is 19.5 Å². The first kappa shape index (κ1) is 21.3. The lowest BCUT2D eigenvalue weighted by atomic mass is 9.73. The summed E-state index contributed by atoms with van der Waals surface area (Å²) in [5, 5.41) is 23.0. The van der Waals surface area contributed by atoms with E-state index >= 15 is 0 Å². The highest BCUT2D eigenvalue weighted by atomic mass is 16.5. The van der Waals surface area contributed by atoms with Gasteiger partial charge in [-0.25, -0.2) is 0 Å². The summed E-state index contributed by atoms with van der Waals surface area (Å²) in [6.07, 6.45) is 3.82. The van der Waals surface area contributed by atoms with Crippen LogP contribution in [-0.4, -0.2) is 81.4 Å². The molecule has 4 N–H and O–H groups in total. The van der Waals surface area contributed by atoms with E-state index < -0.39 is 17.2 Å². The van der Waals surface area contributed by atoms with Crippen LogP contribution in [0.25, 0.3) is 0 Å². The number of aromatic amines is 1. The summed E-state index contributed by atoms with van der Waals surface area (Å²) < 4.78 is 6.00. The number of amides is 3. The molecule has 1 aromatic heterocycles. The fourth-order valence-electron chi connectivity index (χ4n) is 4.12. The van der Waals surface area contributed by atoms with Crippen LogP contribution in [0, 0.1) is 0 Å². The Morgan fingerprint density at radius 1 is 1.31 bits per heavy atom. The van der Waals surface area contributed by atoms with Crippen molar-refractivity contribution in [1.29, 1.82) is 0 Å². The molecule has 2 fully saturated rings. The number of hydrogen-bond acceptors (Lipinski definition) is 6. The number of nitrogens with one attached hydrogen (secondary N) is 3. The molecule has 0 unspecified atom stereocenters. The predicted molar refractivity (Wildman–Crippen MR) is 103 cm³/mol. The molecule has 0 aromatic carbocycles. The Hall–Kier alpha value is -2.46. The Bertz CT molecular complexity index is 744. The van der Waals surface area contributed by atoms with Crippen LogP contribution in [0.5, 0.6) is 0 Å². The number of hydrogen-bond donors (Lipinski definition) is 4. The third kappa shape index (κ3) is 4.43. The Labute approximate surface area is 169 Å². The largest absolute Gasteiger partial charge is 0.388 e. The van der Waals surface area contributed by atoms with E-state index in [0.29, 0.717) is 50.9 Å². The number of H-pyrrole nitrogens is 1. The predicted octanol–water partition coefficient (Wildman–Crippen LogP) is -0.433. The minimum absolute atomic E-state index is 0.110. The fraction of sp³-hybridized carbons (Fsp3) is 0.684. The fourth-order valence-corrected chi connectivity index (χ4v) is 4.12. The first-order valence-corrected chi connectivity index (χ1v) is 9.97. The van der Waals surface area contributed by atoms with Gasteiger partial charge in [0.25, 0.3) is 5.91 Å². The molecule has 10 heteroatoms. The zero-order valence-electron chi connectivity index (χ0n) is 16.9. The SMILES string of the molecule is CCC(=O)NCC(=O)N[C@]1(C)CCOC2(CCN(C(=O)c3cn[nH]c3)CC2)[C@H]1O. The quantitative estimate of drug-likeness (QED) is 0.523. The maximum atomic E-state index is 12.5. The molecule has 2 saturated heterocycles. The highest BCUT2D eigenvalue weighted by molar-refractivity contribution is 5.93. The van der Waals surface area contributed by atoms with Crippen LogP contribution in [0.15, 0.2) is 12.4 Å². The van der Waals surface area contributed by atoms with E-state index in [1.54, 1.807) is 24.9 Å². The molecule has 1 spiro atoms. The summed E-state index contributed by atoms with van der Waals surface area (Å²) in [5.41, 5.74) is -1.19. The van der Waals surface area contributed by atoms with Gasteiger partial charge in [-0.05, 0) is 26.2 Å². The highest BCUT2D eigenvalue weighted by Gasteiger charge is 2.54. The van der Waals surface area contributed by atoms with Crippen molar-refractivity contribution in [3.63, 3.8) is 0 Å². The first-order chi connectivity index (χ1) is 13.8. The lowest BCUT2D eigenvalue weighted by molar-refractivity contribution is -0.205. The van der Waals surface area contributed by atoms with Crippen LogP contribution in [0.3, 0.4) is 0 Å². The van der Waals surface area contributed by atoms with Gasteiger partial charge >= 0.3 is 0 Å². The highest BCUT2D eigenvalue weighted by Crippen LogP contribution is 2.40. The van der Waals surface area contributed by atoms with Crippen LogP contribution < -0.4 is 10.6 Å². The van der Waals surface area contributed by atoms with Crippen molar-refractivity contribution in [3.8, 4) is 0 Å². The van der Waals surface area contributed by atoms with Gasteiger partial charge in [-0.2, -0.15) is 5.10 Å². The zero-order chi connectivity index (χ0) is 21.1. The summed E-state index contributed by atoms with van der Waals surface area (Å²) in [4.78, 5) is 37.9. The molecule has 0 radical (unpaired) electrons. The van der Waals surface area contributed by atoms with Gasteiger partial charge in [-0.15, -0.1) is 0 Å². The Balaban J connectivity index is 1.61. The van der Waals surface area contributed by atoms with E-state index in [-0.39, 0.29) is 24.3 Å². The van der Waals surface area contributed by atoms with E-state index in [2.05, 4.69) is 20.8 Å². The molecule has 10 nitrogen and oxygen atoms in total. The van der Waals surface area contributed by atoms with Crippen molar-refractivity contribution in [1.82, 2.24) is 25.7 Å². The Kier molecular flexibility index (Phi) is 6.23. The number of likely N-dealkylation sites (tertiary alicyclic amines) is 1. The lowest BCUT2D eigenvalue weighted by Gasteiger charge is -2.53. The molecule has 0 aliphatic carbocycles. The van der Waals surface area contributed by atoms with Crippen LogP contribution in [0.4, 0.5) is 0 Å².